The Morgan fingerprint density at radius 1 is 1.05 bits per heavy atom. The van der Waals surface area contributed by atoms with Crippen molar-refractivity contribution in [2.24, 2.45) is 0 Å². The quantitative estimate of drug-likeness (QED) is 0.307. The number of hydrogen-bond acceptors (Lipinski definition) is 5. The molecule has 1 heterocycles. The molecule has 2 aromatic rings. The Labute approximate surface area is 243 Å². The monoisotopic (exact) mass is 563 g/mol. The average Bonchev–Trinajstić information content (AvgIpc) is 3.42. The first-order chi connectivity index (χ1) is 19.9. The molecule has 2 aliphatic rings. The first-order valence-electron chi connectivity index (χ1n) is 15.2. The van der Waals surface area contributed by atoms with Crippen LogP contribution in [0.15, 0.2) is 48.5 Å². The Balaban J connectivity index is 1.52. The molecule has 9 nitrogen and oxygen atoms in total. The van der Waals surface area contributed by atoms with E-state index in [-0.39, 0.29) is 30.4 Å². The van der Waals surface area contributed by atoms with Crippen molar-refractivity contribution in [2.45, 2.75) is 83.4 Å². The number of urea groups is 1. The zero-order chi connectivity index (χ0) is 29.2. The largest absolute Gasteiger partial charge is 0.389 e. The highest BCUT2D eigenvalue weighted by molar-refractivity contribution is 6.00. The second-order valence-corrected chi connectivity index (χ2v) is 11.1. The maximum atomic E-state index is 13.7. The van der Waals surface area contributed by atoms with Gasteiger partial charge in [0.1, 0.15) is 0 Å². The molecule has 0 unspecified atom stereocenters. The number of likely N-dealkylation sites (N-methyl/N-ethyl adjacent to an activating group) is 1. The first kappa shape index (κ1) is 30.4. The van der Waals surface area contributed by atoms with E-state index in [2.05, 4.69) is 16.0 Å². The molecule has 0 spiro atoms. The lowest BCUT2D eigenvalue weighted by Gasteiger charge is -2.32. The highest BCUT2D eigenvalue weighted by Gasteiger charge is 2.28. The van der Waals surface area contributed by atoms with Crippen molar-refractivity contribution in [3.8, 4) is 0 Å². The molecule has 2 aromatic carbocycles. The fraction of sp³-hybridized carbons (Fsp3) is 0.531. The van der Waals surface area contributed by atoms with Crippen LogP contribution in [0.3, 0.4) is 0 Å². The summed E-state index contributed by atoms with van der Waals surface area (Å²) in [6, 6.07) is 14.5. The van der Waals surface area contributed by atoms with Gasteiger partial charge in [-0.1, -0.05) is 49.6 Å². The summed E-state index contributed by atoms with van der Waals surface area (Å²) in [4.78, 5) is 42.5. The maximum absolute atomic E-state index is 13.7. The summed E-state index contributed by atoms with van der Waals surface area (Å²) >= 11 is 0. The Morgan fingerprint density at radius 3 is 2.46 bits per heavy atom. The molecule has 4 N–H and O–H groups in total. The van der Waals surface area contributed by atoms with E-state index in [4.69, 9.17) is 0 Å². The number of aliphatic hydroxyl groups is 1. The third kappa shape index (κ3) is 8.45. The Bertz CT molecular complexity index is 1170. The molecule has 1 saturated carbocycles. The van der Waals surface area contributed by atoms with Gasteiger partial charge in [0.05, 0.1) is 18.7 Å². The van der Waals surface area contributed by atoms with Crippen LogP contribution >= 0.6 is 0 Å². The molecule has 9 heteroatoms. The average molecular weight is 564 g/mol. The molecular formula is C32H45N5O4. The first-order valence-corrected chi connectivity index (χ1v) is 15.2. The summed E-state index contributed by atoms with van der Waals surface area (Å²) in [6.45, 7) is 5.70. The predicted octanol–water partition coefficient (Wildman–Crippen LogP) is 4.31. The second kappa shape index (κ2) is 14.9. The molecule has 2 atom stereocenters. The van der Waals surface area contributed by atoms with Gasteiger partial charge in [-0.05, 0) is 63.3 Å². The van der Waals surface area contributed by atoms with E-state index in [1.165, 1.54) is 6.42 Å². The molecule has 2 fully saturated rings. The molecule has 0 radical (unpaired) electrons. The summed E-state index contributed by atoms with van der Waals surface area (Å²) in [6.07, 6.45) is 6.11. The van der Waals surface area contributed by atoms with Gasteiger partial charge >= 0.3 is 6.03 Å². The summed E-state index contributed by atoms with van der Waals surface area (Å²) in [5.74, 6) is -0.291. The number of rotatable bonds is 12. The fourth-order valence-corrected chi connectivity index (χ4v) is 5.75. The minimum absolute atomic E-state index is 0.0496. The molecule has 4 rings (SSSR count). The minimum Gasteiger partial charge on any atom is -0.389 e. The molecule has 0 aromatic heterocycles. The molecule has 1 aliphatic heterocycles. The van der Waals surface area contributed by atoms with E-state index in [1.54, 1.807) is 21.9 Å². The van der Waals surface area contributed by atoms with E-state index < -0.39 is 12.1 Å². The molecular weight excluding hydrogens is 518 g/mol. The van der Waals surface area contributed by atoms with E-state index in [9.17, 15) is 19.5 Å². The molecule has 0 bridgehead atoms. The lowest BCUT2D eigenvalue weighted by atomic mass is 9.96. The number of hydrogen-bond donors (Lipinski definition) is 4. The van der Waals surface area contributed by atoms with Crippen molar-refractivity contribution in [1.29, 1.82) is 0 Å². The van der Waals surface area contributed by atoms with Crippen LogP contribution in [0.5, 0.6) is 0 Å². The Kier molecular flexibility index (Phi) is 11.0. The number of amides is 4. The SMILES string of the molecule is CCNc1cc(C(=O)N[C@@H](Cc2ccccc2)[C@@H](O)CN(CC)C(=O)NC2CCCCC2)cc(N2CCCC2=O)c1. The van der Waals surface area contributed by atoms with Gasteiger partial charge in [-0.15, -0.1) is 0 Å². The third-order valence-corrected chi connectivity index (χ3v) is 8.03. The van der Waals surface area contributed by atoms with Crippen molar-refractivity contribution in [2.75, 3.05) is 36.4 Å². The lowest BCUT2D eigenvalue weighted by Crippen LogP contribution is -2.53. The van der Waals surface area contributed by atoms with E-state index in [0.717, 1.165) is 43.4 Å². The van der Waals surface area contributed by atoms with E-state index >= 15 is 0 Å². The zero-order valence-corrected chi connectivity index (χ0v) is 24.4. The van der Waals surface area contributed by atoms with Crippen LogP contribution in [0.2, 0.25) is 0 Å². The van der Waals surface area contributed by atoms with Crippen LogP contribution in [0.25, 0.3) is 0 Å². The number of benzene rings is 2. The Morgan fingerprint density at radius 2 is 1.80 bits per heavy atom. The molecule has 1 aliphatic carbocycles. The smallest absolute Gasteiger partial charge is 0.317 e. The third-order valence-electron chi connectivity index (χ3n) is 8.03. The van der Waals surface area contributed by atoms with Gasteiger partial charge < -0.3 is 30.9 Å². The summed E-state index contributed by atoms with van der Waals surface area (Å²) in [7, 11) is 0. The number of carbonyl (C=O) groups is 3. The van der Waals surface area contributed by atoms with Crippen molar-refractivity contribution >= 4 is 29.2 Å². The molecule has 222 valence electrons. The van der Waals surface area contributed by atoms with Crippen molar-refractivity contribution in [3.05, 3.63) is 59.7 Å². The minimum atomic E-state index is -0.993. The van der Waals surface area contributed by atoms with Crippen molar-refractivity contribution in [3.63, 3.8) is 0 Å². The molecule has 41 heavy (non-hydrogen) atoms. The van der Waals surface area contributed by atoms with Gasteiger partial charge in [0, 0.05) is 49.0 Å². The van der Waals surface area contributed by atoms with E-state index in [0.29, 0.717) is 43.7 Å². The number of aliphatic hydroxyl groups excluding tert-OH is 1. The van der Waals surface area contributed by atoms with Gasteiger partial charge in [-0.3, -0.25) is 9.59 Å². The zero-order valence-electron chi connectivity index (χ0n) is 24.4. The second-order valence-electron chi connectivity index (χ2n) is 11.1. The molecule has 1 saturated heterocycles. The fourth-order valence-electron chi connectivity index (χ4n) is 5.75. The topological polar surface area (TPSA) is 114 Å². The van der Waals surface area contributed by atoms with Crippen molar-refractivity contribution < 1.29 is 19.5 Å². The number of carbonyl (C=O) groups excluding carboxylic acids is 3. The Hall–Kier alpha value is -3.59. The van der Waals surface area contributed by atoms with Crippen LogP contribution in [0.4, 0.5) is 16.2 Å². The van der Waals surface area contributed by atoms with Crippen LogP contribution in [0, 0.1) is 0 Å². The van der Waals surface area contributed by atoms with Crippen LogP contribution < -0.4 is 20.9 Å². The number of anilines is 2. The number of nitrogens with zero attached hydrogens (tertiary/aromatic N) is 2. The van der Waals surface area contributed by atoms with Crippen molar-refractivity contribution in [1.82, 2.24) is 15.5 Å². The van der Waals surface area contributed by atoms with E-state index in [1.807, 2.05) is 50.2 Å². The van der Waals surface area contributed by atoms with Crippen LogP contribution in [0.1, 0.15) is 74.7 Å². The summed E-state index contributed by atoms with van der Waals surface area (Å²) in [5, 5.41) is 20.9. The summed E-state index contributed by atoms with van der Waals surface area (Å²) < 4.78 is 0. The maximum Gasteiger partial charge on any atom is 0.317 e. The van der Waals surface area contributed by atoms with Gasteiger partial charge in [-0.2, -0.15) is 0 Å². The summed E-state index contributed by atoms with van der Waals surface area (Å²) in [5.41, 5.74) is 2.82. The standard InChI is InChI=1S/C32H45N5O4/c1-3-33-26-19-24(20-27(21-26)37-17-11-16-30(37)39)31(40)35-28(18-23-12-7-5-8-13-23)29(38)22-36(4-2)32(41)34-25-14-9-6-10-15-25/h5,7-8,12-13,19-21,25,28-29,33,38H,3-4,6,9-11,14-18,22H2,1-2H3,(H,34,41)(H,35,40)/t28-,29-/m0/s1. The lowest BCUT2D eigenvalue weighted by molar-refractivity contribution is -0.117. The normalized spacial score (nSPS) is 17.1. The van der Waals surface area contributed by atoms with Crippen LogP contribution in [-0.4, -0.2) is 72.2 Å². The highest BCUT2D eigenvalue weighted by Crippen LogP contribution is 2.27. The van der Waals surface area contributed by atoms with Gasteiger partial charge in [0.25, 0.3) is 5.91 Å². The highest BCUT2D eigenvalue weighted by atomic mass is 16.3. The molecule has 4 amide bonds. The number of nitrogens with one attached hydrogen (secondary N) is 3. The predicted molar refractivity (Wildman–Crippen MR) is 162 cm³/mol. The van der Waals surface area contributed by atoms with Gasteiger partial charge in [-0.25, -0.2) is 4.79 Å². The van der Waals surface area contributed by atoms with Crippen LogP contribution in [-0.2, 0) is 11.2 Å². The van der Waals surface area contributed by atoms with Gasteiger partial charge in [0.15, 0.2) is 0 Å². The van der Waals surface area contributed by atoms with Gasteiger partial charge in [0.2, 0.25) is 5.91 Å².